The Bertz CT molecular complexity index is 909. The monoisotopic (exact) mass is 367 g/mol. The first-order valence-corrected chi connectivity index (χ1v) is 8.64. The van der Waals surface area contributed by atoms with E-state index in [1.54, 1.807) is 44.2 Å². The number of rotatable bonds is 6. The van der Waals surface area contributed by atoms with Crippen molar-refractivity contribution >= 4 is 5.91 Å². The molecule has 140 valence electrons. The van der Waals surface area contributed by atoms with Crippen molar-refractivity contribution in [3.8, 4) is 11.3 Å². The average Bonchev–Trinajstić information content (AvgIpc) is 3.12. The first-order chi connectivity index (χ1) is 13.0. The van der Waals surface area contributed by atoms with Gasteiger partial charge in [0.05, 0.1) is 6.54 Å². The number of carbonyl (C=O) groups is 1. The zero-order valence-electron chi connectivity index (χ0n) is 15.6. The van der Waals surface area contributed by atoms with Gasteiger partial charge in [-0.25, -0.2) is 4.39 Å². The molecular weight excluding hydrogens is 345 g/mol. The molecule has 0 N–H and O–H groups in total. The number of nitrogens with zero attached hydrogens (tertiary/aromatic N) is 3. The van der Waals surface area contributed by atoms with Gasteiger partial charge in [0, 0.05) is 24.2 Å². The van der Waals surface area contributed by atoms with Gasteiger partial charge < -0.3 is 9.42 Å². The second kappa shape index (κ2) is 8.14. The fourth-order valence-electron chi connectivity index (χ4n) is 2.98. The fraction of sp³-hybridized carbons (Fsp3) is 0.238. The van der Waals surface area contributed by atoms with E-state index in [9.17, 15) is 9.18 Å². The first kappa shape index (κ1) is 18.8. The molecule has 0 spiro atoms. The van der Waals surface area contributed by atoms with Crippen molar-refractivity contribution < 1.29 is 13.7 Å². The summed E-state index contributed by atoms with van der Waals surface area (Å²) in [5, 5.41) is 4.07. The second-order valence-corrected chi connectivity index (χ2v) is 6.63. The number of amides is 1. The number of likely N-dealkylation sites (N-methyl/N-ethyl adjacent to an activating group) is 2. The van der Waals surface area contributed by atoms with Gasteiger partial charge in [0.15, 0.2) is 5.76 Å². The average molecular weight is 367 g/mol. The summed E-state index contributed by atoms with van der Waals surface area (Å²) in [6.07, 6.45) is 0. The molecule has 2 aromatic carbocycles. The predicted octanol–water partition coefficient (Wildman–Crippen LogP) is 3.74. The lowest BCUT2D eigenvalue weighted by atomic mass is 10.0. The highest BCUT2D eigenvalue weighted by molar-refractivity contribution is 5.83. The molecule has 3 rings (SSSR count). The Kier molecular flexibility index (Phi) is 5.66. The third kappa shape index (κ3) is 4.23. The molecule has 3 aromatic rings. The van der Waals surface area contributed by atoms with E-state index in [2.05, 4.69) is 5.16 Å². The van der Waals surface area contributed by atoms with Crippen LogP contribution in [0.5, 0.6) is 0 Å². The van der Waals surface area contributed by atoms with Crippen molar-refractivity contribution in [2.24, 2.45) is 0 Å². The highest BCUT2D eigenvalue weighted by Crippen LogP contribution is 2.25. The van der Waals surface area contributed by atoms with Crippen molar-refractivity contribution in [1.29, 1.82) is 0 Å². The predicted molar refractivity (Wildman–Crippen MR) is 101 cm³/mol. The number of halogens is 1. The van der Waals surface area contributed by atoms with E-state index in [1.807, 2.05) is 36.4 Å². The molecule has 0 fully saturated rings. The van der Waals surface area contributed by atoms with Crippen molar-refractivity contribution in [1.82, 2.24) is 15.0 Å². The Morgan fingerprint density at radius 1 is 1.07 bits per heavy atom. The Hall–Kier alpha value is -2.99. The highest BCUT2D eigenvalue weighted by Gasteiger charge is 2.28. The van der Waals surface area contributed by atoms with E-state index in [4.69, 9.17) is 4.52 Å². The summed E-state index contributed by atoms with van der Waals surface area (Å²) in [6.45, 7) is 0.247. The van der Waals surface area contributed by atoms with Crippen molar-refractivity contribution in [2.45, 2.75) is 12.6 Å². The molecular formula is C21H22FN3O2. The van der Waals surface area contributed by atoms with Crippen molar-refractivity contribution in [3.05, 3.63) is 77.8 Å². The van der Waals surface area contributed by atoms with Gasteiger partial charge in [-0.2, -0.15) is 0 Å². The van der Waals surface area contributed by atoms with Gasteiger partial charge in [-0.05, 0) is 20.2 Å². The van der Waals surface area contributed by atoms with Crippen LogP contribution in [-0.2, 0) is 11.3 Å². The normalized spacial score (nSPS) is 12.2. The molecule has 0 aliphatic rings. The van der Waals surface area contributed by atoms with E-state index < -0.39 is 11.9 Å². The van der Waals surface area contributed by atoms with Crippen molar-refractivity contribution in [2.75, 3.05) is 21.1 Å². The number of aromatic nitrogens is 1. The molecule has 1 atom stereocenters. The fourth-order valence-corrected chi connectivity index (χ4v) is 2.98. The molecule has 1 unspecified atom stereocenters. The Morgan fingerprint density at radius 2 is 1.74 bits per heavy atom. The smallest absolute Gasteiger partial charge is 0.244 e. The third-order valence-electron chi connectivity index (χ3n) is 4.35. The standard InChI is InChI=1S/C21H22FN3O2/c1-24(2)20(17-11-7-8-12-18(17)22)21(26)25(3)14-16-13-19(23-27-16)15-9-5-4-6-10-15/h4-13,20H,14H2,1-3H3. The van der Waals surface area contributed by atoms with Gasteiger partial charge in [-0.3, -0.25) is 9.69 Å². The topological polar surface area (TPSA) is 49.6 Å². The minimum atomic E-state index is -0.715. The molecule has 0 saturated heterocycles. The minimum Gasteiger partial charge on any atom is -0.359 e. The summed E-state index contributed by atoms with van der Waals surface area (Å²) in [7, 11) is 5.18. The van der Waals surface area contributed by atoms with Crippen LogP contribution in [-0.4, -0.2) is 42.0 Å². The number of hydrogen-bond acceptors (Lipinski definition) is 4. The van der Waals surface area contributed by atoms with Gasteiger partial charge in [0.2, 0.25) is 5.91 Å². The molecule has 0 aliphatic heterocycles. The maximum absolute atomic E-state index is 14.2. The van der Waals surface area contributed by atoms with Crippen LogP contribution in [0.2, 0.25) is 0 Å². The van der Waals surface area contributed by atoms with Gasteiger partial charge in [-0.15, -0.1) is 0 Å². The van der Waals surface area contributed by atoms with Crippen LogP contribution in [0.1, 0.15) is 17.4 Å². The van der Waals surface area contributed by atoms with E-state index >= 15 is 0 Å². The molecule has 0 radical (unpaired) electrons. The van der Waals surface area contributed by atoms with Crippen LogP contribution in [0.3, 0.4) is 0 Å². The van der Waals surface area contributed by atoms with Gasteiger partial charge >= 0.3 is 0 Å². The van der Waals surface area contributed by atoms with Crippen LogP contribution in [0.25, 0.3) is 11.3 Å². The highest BCUT2D eigenvalue weighted by atomic mass is 19.1. The quantitative estimate of drug-likeness (QED) is 0.666. The minimum absolute atomic E-state index is 0.220. The molecule has 1 aromatic heterocycles. The van der Waals surface area contributed by atoms with Gasteiger partial charge in [0.25, 0.3) is 0 Å². The molecule has 0 bridgehead atoms. The first-order valence-electron chi connectivity index (χ1n) is 8.64. The van der Waals surface area contributed by atoms with Crippen LogP contribution in [0.15, 0.2) is 65.2 Å². The van der Waals surface area contributed by atoms with Gasteiger partial charge in [-0.1, -0.05) is 53.7 Å². The maximum atomic E-state index is 14.2. The number of carbonyl (C=O) groups excluding carboxylic acids is 1. The number of hydrogen-bond donors (Lipinski definition) is 0. The largest absolute Gasteiger partial charge is 0.359 e. The zero-order chi connectivity index (χ0) is 19.4. The van der Waals surface area contributed by atoms with Crippen LogP contribution >= 0.6 is 0 Å². The summed E-state index contributed by atoms with van der Waals surface area (Å²) < 4.78 is 19.6. The van der Waals surface area contributed by atoms with E-state index in [-0.39, 0.29) is 12.5 Å². The molecule has 0 aliphatic carbocycles. The van der Waals surface area contributed by atoms with Crippen LogP contribution in [0.4, 0.5) is 4.39 Å². The Balaban J connectivity index is 1.77. The third-order valence-corrected chi connectivity index (χ3v) is 4.35. The van der Waals surface area contributed by atoms with Crippen molar-refractivity contribution in [3.63, 3.8) is 0 Å². The molecule has 1 amide bonds. The Labute approximate surface area is 158 Å². The van der Waals surface area contributed by atoms with Gasteiger partial charge in [0.1, 0.15) is 17.6 Å². The van der Waals surface area contributed by atoms with E-state index in [0.29, 0.717) is 17.0 Å². The summed E-state index contributed by atoms with van der Waals surface area (Å²) in [5.74, 6) is -0.0533. The maximum Gasteiger partial charge on any atom is 0.244 e. The van der Waals surface area contributed by atoms with E-state index in [0.717, 1.165) is 5.56 Å². The Morgan fingerprint density at radius 3 is 2.41 bits per heavy atom. The lowest BCUT2D eigenvalue weighted by Crippen LogP contribution is -2.38. The molecule has 5 nitrogen and oxygen atoms in total. The number of benzene rings is 2. The molecule has 27 heavy (non-hydrogen) atoms. The SMILES string of the molecule is CN(Cc1cc(-c2ccccc2)no1)C(=O)C(c1ccccc1F)N(C)C. The zero-order valence-corrected chi connectivity index (χ0v) is 15.6. The lowest BCUT2D eigenvalue weighted by molar-refractivity contribution is -0.135. The summed E-state index contributed by atoms with van der Waals surface area (Å²) in [5.41, 5.74) is 2.01. The second-order valence-electron chi connectivity index (χ2n) is 6.63. The van der Waals surface area contributed by atoms with E-state index in [1.165, 1.54) is 11.0 Å². The van der Waals surface area contributed by atoms with Crippen LogP contribution in [0, 0.1) is 5.82 Å². The van der Waals surface area contributed by atoms with Crippen LogP contribution < -0.4 is 0 Å². The summed E-state index contributed by atoms with van der Waals surface area (Å²) in [4.78, 5) is 16.2. The molecule has 1 heterocycles. The lowest BCUT2D eigenvalue weighted by Gasteiger charge is -2.28. The molecule has 0 saturated carbocycles. The summed E-state index contributed by atoms with van der Waals surface area (Å²) in [6, 6.07) is 17.1. The summed E-state index contributed by atoms with van der Waals surface area (Å²) >= 11 is 0. The molecule has 6 heteroatoms.